The van der Waals surface area contributed by atoms with E-state index in [4.69, 9.17) is 4.42 Å². The molecule has 0 spiro atoms. The van der Waals surface area contributed by atoms with Gasteiger partial charge in [0.05, 0.1) is 5.75 Å². The van der Waals surface area contributed by atoms with E-state index in [1.807, 2.05) is 37.3 Å². The van der Waals surface area contributed by atoms with Crippen molar-refractivity contribution in [1.82, 2.24) is 25.0 Å². The van der Waals surface area contributed by atoms with Gasteiger partial charge in [-0.3, -0.25) is 14.7 Å². The van der Waals surface area contributed by atoms with Gasteiger partial charge < -0.3 is 4.42 Å². The Morgan fingerprint density at radius 3 is 2.73 bits per heavy atom. The SMILES string of the molecule is CCn1c(SCC(=O)Nc2nnc(C(F)(F)F)s2)nnc1-c1cc2ccccc2o1. The lowest BCUT2D eigenvalue weighted by atomic mass is 10.2. The molecule has 1 N–H and O–H groups in total. The number of fused-ring (bicyclic) bond motifs is 1. The van der Waals surface area contributed by atoms with Gasteiger partial charge in [0.15, 0.2) is 10.9 Å². The van der Waals surface area contributed by atoms with E-state index in [0.717, 1.165) is 22.7 Å². The molecule has 3 aromatic heterocycles. The van der Waals surface area contributed by atoms with Crippen LogP contribution in [0.5, 0.6) is 0 Å². The summed E-state index contributed by atoms with van der Waals surface area (Å²) in [5, 5.41) is 17.0. The molecule has 156 valence electrons. The first kappa shape index (κ1) is 20.3. The molecular formula is C17H13F3N6O2S2. The average molecular weight is 454 g/mol. The Morgan fingerprint density at radius 1 is 1.23 bits per heavy atom. The highest BCUT2D eigenvalue weighted by Crippen LogP contribution is 2.33. The maximum atomic E-state index is 12.6. The van der Waals surface area contributed by atoms with Crippen molar-refractivity contribution in [2.75, 3.05) is 11.1 Å². The molecule has 0 unspecified atom stereocenters. The Kier molecular flexibility index (Phi) is 5.47. The third-order valence-electron chi connectivity index (χ3n) is 3.93. The van der Waals surface area contributed by atoms with Crippen molar-refractivity contribution in [3.05, 3.63) is 35.3 Å². The molecule has 1 aromatic carbocycles. The molecule has 13 heteroatoms. The number of aromatic nitrogens is 5. The molecule has 4 rings (SSSR count). The van der Waals surface area contributed by atoms with E-state index in [9.17, 15) is 18.0 Å². The van der Waals surface area contributed by atoms with Crippen LogP contribution in [-0.2, 0) is 17.5 Å². The number of halogens is 3. The van der Waals surface area contributed by atoms with Gasteiger partial charge in [-0.05, 0) is 19.1 Å². The Labute approximate surface area is 175 Å². The molecule has 0 atom stereocenters. The van der Waals surface area contributed by atoms with Crippen LogP contribution in [0.1, 0.15) is 11.9 Å². The number of nitrogens with one attached hydrogen (secondary N) is 1. The zero-order valence-electron chi connectivity index (χ0n) is 15.3. The van der Waals surface area contributed by atoms with Gasteiger partial charge in [0, 0.05) is 11.9 Å². The van der Waals surface area contributed by atoms with E-state index in [-0.39, 0.29) is 22.2 Å². The molecule has 0 radical (unpaired) electrons. The summed E-state index contributed by atoms with van der Waals surface area (Å²) in [7, 11) is 0. The van der Waals surface area contributed by atoms with Gasteiger partial charge >= 0.3 is 6.18 Å². The van der Waals surface area contributed by atoms with Crippen LogP contribution >= 0.6 is 23.1 Å². The summed E-state index contributed by atoms with van der Waals surface area (Å²) < 4.78 is 45.3. The van der Waals surface area contributed by atoms with Crippen LogP contribution in [0.4, 0.5) is 18.3 Å². The van der Waals surface area contributed by atoms with Gasteiger partial charge in [-0.15, -0.1) is 20.4 Å². The van der Waals surface area contributed by atoms with Gasteiger partial charge in [0.25, 0.3) is 0 Å². The fourth-order valence-corrected chi connectivity index (χ4v) is 4.06. The van der Waals surface area contributed by atoms with Crippen LogP contribution in [0.2, 0.25) is 0 Å². The molecule has 0 fully saturated rings. The number of furan rings is 1. The monoisotopic (exact) mass is 454 g/mol. The number of nitrogens with zero attached hydrogens (tertiary/aromatic N) is 5. The standard InChI is InChI=1S/C17H13F3N6O2S2/c1-2-26-13(11-7-9-5-3-4-6-10(9)28-11)22-25-16(26)29-8-12(27)21-15-24-23-14(30-15)17(18,19)20/h3-7H,2,8H2,1H3,(H,21,24,27). The number of amides is 1. The quantitative estimate of drug-likeness (QED) is 0.434. The number of carbonyl (C=O) groups excluding carboxylic acids is 1. The smallest absolute Gasteiger partial charge is 0.445 e. The fourth-order valence-electron chi connectivity index (χ4n) is 2.63. The number of anilines is 1. The van der Waals surface area contributed by atoms with Crippen LogP contribution in [0.15, 0.2) is 39.9 Å². The summed E-state index contributed by atoms with van der Waals surface area (Å²) in [6.07, 6.45) is -4.60. The zero-order valence-corrected chi connectivity index (χ0v) is 16.9. The highest BCUT2D eigenvalue weighted by molar-refractivity contribution is 7.99. The molecule has 3 heterocycles. The van der Waals surface area contributed by atoms with Crippen molar-refractivity contribution in [3.63, 3.8) is 0 Å². The van der Waals surface area contributed by atoms with Crippen LogP contribution in [0.3, 0.4) is 0 Å². The van der Waals surface area contributed by atoms with E-state index < -0.39 is 17.1 Å². The second-order valence-corrected chi connectivity index (χ2v) is 7.87. The van der Waals surface area contributed by atoms with E-state index in [0.29, 0.717) is 23.3 Å². The number of thioether (sulfide) groups is 1. The molecule has 0 aliphatic heterocycles. The normalized spacial score (nSPS) is 11.9. The first-order valence-electron chi connectivity index (χ1n) is 8.60. The molecule has 30 heavy (non-hydrogen) atoms. The Hall–Kier alpha value is -2.93. The van der Waals surface area contributed by atoms with E-state index in [1.54, 1.807) is 4.57 Å². The van der Waals surface area contributed by atoms with Crippen molar-refractivity contribution >= 4 is 45.1 Å². The zero-order chi connectivity index (χ0) is 21.3. The molecule has 8 nitrogen and oxygen atoms in total. The predicted molar refractivity (Wildman–Crippen MR) is 105 cm³/mol. The van der Waals surface area contributed by atoms with Crippen LogP contribution in [0.25, 0.3) is 22.6 Å². The molecule has 0 aliphatic rings. The third kappa shape index (κ3) is 4.16. The first-order chi connectivity index (χ1) is 14.3. The lowest BCUT2D eigenvalue weighted by Gasteiger charge is -2.05. The highest BCUT2D eigenvalue weighted by Gasteiger charge is 2.35. The van der Waals surface area contributed by atoms with E-state index >= 15 is 0 Å². The minimum absolute atomic E-state index is 0.0841. The van der Waals surface area contributed by atoms with Crippen LogP contribution in [0, 0.1) is 0 Å². The van der Waals surface area contributed by atoms with Crippen molar-refractivity contribution in [3.8, 4) is 11.6 Å². The second-order valence-electron chi connectivity index (χ2n) is 5.95. The van der Waals surface area contributed by atoms with Gasteiger partial charge in [0.2, 0.25) is 21.9 Å². The van der Waals surface area contributed by atoms with Crippen molar-refractivity contribution in [2.45, 2.75) is 24.8 Å². The van der Waals surface area contributed by atoms with Crippen LogP contribution in [-0.4, -0.2) is 36.6 Å². The van der Waals surface area contributed by atoms with Crippen molar-refractivity contribution in [1.29, 1.82) is 0 Å². The Bertz CT molecular complexity index is 1170. The minimum Gasteiger partial charge on any atom is -0.453 e. The summed E-state index contributed by atoms with van der Waals surface area (Å²) in [6.45, 7) is 2.44. The maximum Gasteiger partial charge on any atom is 0.445 e. The van der Waals surface area contributed by atoms with Gasteiger partial charge in [-0.25, -0.2) is 0 Å². The third-order valence-corrected chi connectivity index (χ3v) is 5.78. The predicted octanol–water partition coefficient (Wildman–Crippen LogP) is 4.31. The number of hydrogen-bond acceptors (Lipinski definition) is 8. The van der Waals surface area contributed by atoms with Crippen LogP contribution < -0.4 is 5.32 Å². The van der Waals surface area contributed by atoms with Gasteiger partial charge in [-0.1, -0.05) is 41.3 Å². The summed E-state index contributed by atoms with van der Waals surface area (Å²) in [6, 6.07) is 9.41. The van der Waals surface area contributed by atoms with Crippen molar-refractivity contribution in [2.24, 2.45) is 0 Å². The highest BCUT2D eigenvalue weighted by atomic mass is 32.2. The number of benzene rings is 1. The summed E-state index contributed by atoms with van der Waals surface area (Å²) >= 11 is 1.37. The lowest BCUT2D eigenvalue weighted by Crippen LogP contribution is -2.14. The molecule has 0 saturated carbocycles. The Morgan fingerprint density at radius 2 is 2.03 bits per heavy atom. The van der Waals surface area contributed by atoms with Gasteiger partial charge in [0.1, 0.15) is 5.58 Å². The summed E-state index contributed by atoms with van der Waals surface area (Å²) in [5.74, 6) is 0.464. The number of para-hydroxylation sites is 1. The van der Waals surface area contributed by atoms with E-state index in [1.165, 1.54) is 0 Å². The number of rotatable bonds is 6. The van der Waals surface area contributed by atoms with E-state index in [2.05, 4.69) is 25.7 Å². The van der Waals surface area contributed by atoms with Crippen molar-refractivity contribution < 1.29 is 22.4 Å². The molecular weight excluding hydrogens is 441 g/mol. The lowest BCUT2D eigenvalue weighted by molar-refractivity contribution is -0.138. The molecule has 1 amide bonds. The topological polar surface area (TPSA) is 98.7 Å². The first-order valence-corrected chi connectivity index (χ1v) is 10.4. The fraction of sp³-hybridized carbons (Fsp3) is 0.235. The average Bonchev–Trinajstić information content (AvgIpc) is 3.42. The minimum atomic E-state index is -4.60. The molecule has 0 bridgehead atoms. The number of carbonyl (C=O) groups is 1. The number of alkyl halides is 3. The number of hydrogen-bond donors (Lipinski definition) is 1. The van der Waals surface area contributed by atoms with Gasteiger partial charge in [-0.2, -0.15) is 13.2 Å². The second kappa shape index (κ2) is 8.07. The maximum absolute atomic E-state index is 12.6. The molecule has 4 aromatic rings. The largest absolute Gasteiger partial charge is 0.453 e. The summed E-state index contributed by atoms with van der Waals surface area (Å²) in [5.41, 5.74) is 0.724. The molecule has 0 saturated heterocycles. The molecule has 0 aliphatic carbocycles. The Balaban J connectivity index is 1.45. The summed E-state index contributed by atoms with van der Waals surface area (Å²) in [4.78, 5) is 12.1.